The summed E-state index contributed by atoms with van der Waals surface area (Å²) in [6, 6.07) is 3.57. The largest absolute Gasteiger partial charge is 0.397 e. The van der Waals surface area contributed by atoms with Crippen molar-refractivity contribution in [1.82, 2.24) is 4.31 Å². The maximum absolute atomic E-state index is 12.9. The minimum Gasteiger partial charge on any atom is -0.397 e. The molecule has 0 aromatic heterocycles. The van der Waals surface area contributed by atoms with Crippen LogP contribution in [0.15, 0.2) is 18.2 Å². The first-order valence-electron chi connectivity index (χ1n) is 6.25. The molecule has 0 radical (unpaired) electrons. The Morgan fingerprint density at radius 1 is 1.42 bits per heavy atom. The molecule has 1 saturated heterocycles. The van der Waals surface area contributed by atoms with Gasteiger partial charge in [0.1, 0.15) is 5.82 Å². The molecule has 0 saturated carbocycles. The van der Waals surface area contributed by atoms with Crippen LogP contribution in [0.3, 0.4) is 0 Å². The maximum Gasteiger partial charge on any atom is 0.301 e. The van der Waals surface area contributed by atoms with Crippen LogP contribution in [0.1, 0.15) is 26.2 Å². The van der Waals surface area contributed by atoms with Gasteiger partial charge in [-0.1, -0.05) is 6.42 Å². The Labute approximate surface area is 112 Å². The highest BCUT2D eigenvalue weighted by atomic mass is 32.2. The van der Waals surface area contributed by atoms with E-state index >= 15 is 0 Å². The predicted octanol–water partition coefficient (Wildman–Crippen LogP) is 1.94. The minimum absolute atomic E-state index is 0.0343. The van der Waals surface area contributed by atoms with Crippen molar-refractivity contribution in [3.8, 4) is 0 Å². The van der Waals surface area contributed by atoms with E-state index in [1.165, 1.54) is 16.4 Å². The number of rotatable bonds is 3. The molecule has 1 aliphatic rings. The molecule has 19 heavy (non-hydrogen) atoms. The summed E-state index contributed by atoms with van der Waals surface area (Å²) in [6.07, 6.45) is 2.73. The van der Waals surface area contributed by atoms with E-state index in [0.717, 1.165) is 25.3 Å². The van der Waals surface area contributed by atoms with Gasteiger partial charge in [-0.15, -0.1) is 0 Å². The fourth-order valence-electron chi connectivity index (χ4n) is 2.25. The molecule has 1 unspecified atom stereocenters. The smallest absolute Gasteiger partial charge is 0.301 e. The Morgan fingerprint density at radius 2 is 2.16 bits per heavy atom. The van der Waals surface area contributed by atoms with Crippen molar-refractivity contribution in [2.24, 2.45) is 0 Å². The molecule has 2 rings (SSSR count). The first-order valence-corrected chi connectivity index (χ1v) is 7.69. The van der Waals surface area contributed by atoms with Crippen LogP contribution in [0.5, 0.6) is 0 Å². The lowest BCUT2D eigenvalue weighted by atomic mass is 10.1. The molecule has 0 amide bonds. The number of hydrogen-bond acceptors (Lipinski definition) is 3. The van der Waals surface area contributed by atoms with Gasteiger partial charge in [-0.3, -0.25) is 4.72 Å². The Kier molecular flexibility index (Phi) is 3.96. The summed E-state index contributed by atoms with van der Waals surface area (Å²) in [7, 11) is -3.64. The third-order valence-electron chi connectivity index (χ3n) is 3.30. The Balaban J connectivity index is 2.20. The molecule has 1 aromatic rings. The van der Waals surface area contributed by atoms with Crippen LogP contribution in [0.2, 0.25) is 0 Å². The molecule has 0 aliphatic carbocycles. The number of nitrogens with two attached hydrogens (primary N) is 1. The van der Waals surface area contributed by atoms with Crippen molar-refractivity contribution in [2.45, 2.75) is 32.2 Å². The molecular weight excluding hydrogens is 269 g/mol. The summed E-state index contributed by atoms with van der Waals surface area (Å²) < 4.78 is 41.3. The molecule has 1 aliphatic heterocycles. The second-order valence-electron chi connectivity index (χ2n) is 4.79. The number of piperidine rings is 1. The third-order valence-corrected chi connectivity index (χ3v) is 4.94. The van der Waals surface area contributed by atoms with Gasteiger partial charge in [0.25, 0.3) is 0 Å². The van der Waals surface area contributed by atoms with Crippen LogP contribution in [-0.2, 0) is 10.2 Å². The number of halogens is 1. The summed E-state index contributed by atoms with van der Waals surface area (Å²) in [5.74, 6) is -0.494. The minimum atomic E-state index is -3.64. The summed E-state index contributed by atoms with van der Waals surface area (Å²) in [6.45, 7) is 2.38. The van der Waals surface area contributed by atoms with Crippen molar-refractivity contribution in [3.63, 3.8) is 0 Å². The number of benzene rings is 1. The van der Waals surface area contributed by atoms with Crippen LogP contribution >= 0.6 is 0 Å². The Morgan fingerprint density at radius 3 is 2.79 bits per heavy atom. The molecular formula is C12H18FN3O2S. The van der Waals surface area contributed by atoms with Crippen molar-refractivity contribution in [2.75, 3.05) is 17.0 Å². The van der Waals surface area contributed by atoms with Gasteiger partial charge in [0.2, 0.25) is 0 Å². The monoisotopic (exact) mass is 287 g/mol. The standard InChI is InChI=1S/C12H18FN3O2S/c1-9-4-2-3-7-16(9)19(17,18)15-12-6-5-10(13)8-11(12)14/h5-6,8-9,15H,2-4,7,14H2,1H3. The highest BCUT2D eigenvalue weighted by Gasteiger charge is 2.29. The van der Waals surface area contributed by atoms with Crippen molar-refractivity contribution in [3.05, 3.63) is 24.0 Å². The van der Waals surface area contributed by atoms with Gasteiger partial charge < -0.3 is 5.73 Å². The fraction of sp³-hybridized carbons (Fsp3) is 0.500. The first-order chi connectivity index (χ1) is 8.90. The van der Waals surface area contributed by atoms with Crippen molar-refractivity contribution < 1.29 is 12.8 Å². The zero-order chi connectivity index (χ0) is 14.0. The summed E-state index contributed by atoms with van der Waals surface area (Å²) in [4.78, 5) is 0. The van der Waals surface area contributed by atoms with Crippen LogP contribution in [-0.4, -0.2) is 25.3 Å². The van der Waals surface area contributed by atoms with Crippen LogP contribution in [0.25, 0.3) is 0 Å². The summed E-state index contributed by atoms with van der Waals surface area (Å²) in [5.41, 5.74) is 5.89. The first kappa shape index (κ1) is 14.1. The topological polar surface area (TPSA) is 75.4 Å². The van der Waals surface area contributed by atoms with Gasteiger partial charge in [0.05, 0.1) is 11.4 Å². The Hall–Kier alpha value is -1.34. The molecule has 0 bridgehead atoms. The normalized spacial score (nSPS) is 21.3. The number of hydrogen-bond donors (Lipinski definition) is 2. The molecule has 1 heterocycles. The van der Waals surface area contributed by atoms with E-state index in [4.69, 9.17) is 5.73 Å². The second kappa shape index (κ2) is 5.34. The van der Waals surface area contributed by atoms with Gasteiger partial charge in [0, 0.05) is 12.6 Å². The number of nitrogen functional groups attached to an aromatic ring is 1. The lowest BCUT2D eigenvalue weighted by Gasteiger charge is -2.32. The average molecular weight is 287 g/mol. The van der Waals surface area contributed by atoms with Crippen molar-refractivity contribution in [1.29, 1.82) is 0 Å². The number of nitrogens with zero attached hydrogens (tertiary/aromatic N) is 1. The molecule has 106 valence electrons. The highest BCUT2D eigenvalue weighted by Crippen LogP contribution is 2.25. The maximum atomic E-state index is 12.9. The molecule has 1 fully saturated rings. The zero-order valence-corrected chi connectivity index (χ0v) is 11.6. The summed E-state index contributed by atoms with van der Waals surface area (Å²) in [5, 5.41) is 0. The van der Waals surface area contributed by atoms with E-state index in [-0.39, 0.29) is 17.4 Å². The average Bonchev–Trinajstić information content (AvgIpc) is 2.33. The van der Waals surface area contributed by atoms with E-state index in [0.29, 0.717) is 6.54 Å². The predicted molar refractivity (Wildman–Crippen MR) is 73.4 cm³/mol. The molecule has 1 atom stereocenters. The lowest BCUT2D eigenvalue weighted by molar-refractivity contribution is 0.270. The SMILES string of the molecule is CC1CCCCN1S(=O)(=O)Nc1ccc(F)cc1N. The molecule has 3 N–H and O–H groups in total. The fourth-order valence-corrected chi connectivity index (χ4v) is 3.78. The quantitative estimate of drug-likeness (QED) is 0.834. The van der Waals surface area contributed by atoms with E-state index in [1.54, 1.807) is 0 Å². The summed E-state index contributed by atoms with van der Waals surface area (Å²) >= 11 is 0. The van der Waals surface area contributed by atoms with Gasteiger partial charge >= 0.3 is 10.2 Å². The van der Waals surface area contributed by atoms with Gasteiger partial charge in [-0.05, 0) is 38.0 Å². The van der Waals surface area contributed by atoms with Gasteiger partial charge in [-0.2, -0.15) is 12.7 Å². The molecule has 0 spiro atoms. The number of anilines is 2. The Bertz CT molecular complexity index is 562. The molecule has 1 aromatic carbocycles. The molecule has 5 nitrogen and oxygen atoms in total. The van der Waals surface area contributed by atoms with E-state index in [9.17, 15) is 12.8 Å². The van der Waals surface area contributed by atoms with Crippen LogP contribution < -0.4 is 10.5 Å². The third kappa shape index (κ3) is 3.16. The van der Waals surface area contributed by atoms with Gasteiger partial charge in [0.15, 0.2) is 0 Å². The highest BCUT2D eigenvalue weighted by molar-refractivity contribution is 7.90. The lowest BCUT2D eigenvalue weighted by Crippen LogP contribution is -2.44. The van der Waals surface area contributed by atoms with Gasteiger partial charge in [-0.25, -0.2) is 4.39 Å². The molecule has 7 heteroatoms. The number of nitrogens with one attached hydrogen (secondary N) is 1. The second-order valence-corrected chi connectivity index (χ2v) is 6.42. The van der Waals surface area contributed by atoms with Crippen LogP contribution in [0.4, 0.5) is 15.8 Å². The van der Waals surface area contributed by atoms with E-state index < -0.39 is 16.0 Å². The van der Waals surface area contributed by atoms with Crippen molar-refractivity contribution >= 4 is 21.6 Å². The van der Waals surface area contributed by atoms with E-state index in [1.807, 2.05) is 6.92 Å². The van der Waals surface area contributed by atoms with Crippen LogP contribution in [0, 0.1) is 5.82 Å². The zero-order valence-electron chi connectivity index (χ0n) is 10.8. The van der Waals surface area contributed by atoms with E-state index in [2.05, 4.69) is 4.72 Å².